The van der Waals surface area contributed by atoms with Gasteiger partial charge < -0.3 is 5.32 Å². The quantitative estimate of drug-likeness (QED) is 0.801. The summed E-state index contributed by atoms with van der Waals surface area (Å²) in [5, 5.41) is 5.49. The lowest BCUT2D eigenvalue weighted by atomic mass is 9.83. The first-order chi connectivity index (χ1) is 14.3. The fourth-order valence-electron chi connectivity index (χ4n) is 4.10. The van der Waals surface area contributed by atoms with E-state index in [1.54, 1.807) is 0 Å². The Labute approximate surface area is 172 Å². The zero-order valence-electron chi connectivity index (χ0n) is 16.5. The largest absolute Gasteiger partial charge is 0.368 e. The van der Waals surface area contributed by atoms with Crippen LogP contribution in [0.1, 0.15) is 17.5 Å². The predicted molar refractivity (Wildman–Crippen MR) is 121 cm³/mol. The van der Waals surface area contributed by atoms with Gasteiger partial charge in [0, 0.05) is 18.3 Å². The molecule has 2 aromatic carbocycles. The van der Waals surface area contributed by atoms with Crippen LogP contribution in [-0.4, -0.2) is 5.78 Å². The van der Waals surface area contributed by atoms with Crippen LogP contribution in [0, 0.1) is 5.92 Å². The first kappa shape index (κ1) is 18.9. The molecule has 0 aromatic heterocycles. The molecule has 5 rings (SSSR count). The number of fused-ring (bicyclic) bond motifs is 5. The van der Waals surface area contributed by atoms with E-state index in [2.05, 4.69) is 60.4 Å². The molecule has 144 valence electrons. The Balaban J connectivity index is 0.000000249. The number of ketones is 1. The van der Waals surface area contributed by atoms with Gasteiger partial charge in [-0.1, -0.05) is 67.3 Å². The molecule has 2 aromatic rings. The average molecular weight is 380 g/mol. The standard InChI is InChI=1S/C21H18O.C6H7N/c1-2-21(22)16-8-7-15-10-11-18-17-6-4-3-5-14(17)9-12-19(18)20(15)13-16;1-2-4-6-7-5-3-1/h2-6,10-13,16H,1,7-9H2;1-7H. The molecule has 0 radical (unpaired) electrons. The smallest absolute Gasteiger partial charge is 0.161 e. The van der Waals surface area contributed by atoms with Crippen LogP contribution >= 0.6 is 0 Å². The zero-order valence-corrected chi connectivity index (χ0v) is 16.5. The molecule has 0 saturated carbocycles. The number of carbonyl (C=O) groups excluding carboxylic acids is 1. The van der Waals surface area contributed by atoms with Crippen LogP contribution in [0.15, 0.2) is 85.8 Å². The van der Waals surface area contributed by atoms with Gasteiger partial charge in [0.25, 0.3) is 0 Å². The summed E-state index contributed by atoms with van der Waals surface area (Å²) in [4.78, 5) is 12.0. The van der Waals surface area contributed by atoms with Crippen LogP contribution in [0.4, 0.5) is 0 Å². The Morgan fingerprint density at radius 2 is 1.72 bits per heavy atom. The van der Waals surface area contributed by atoms with Gasteiger partial charge in [-0.15, -0.1) is 0 Å². The van der Waals surface area contributed by atoms with E-state index in [-0.39, 0.29) is 11.7 Å². The van der Waals surface area contributed by atoms with Gasteiger partial charge in [0.2, 0.25) is 0 Å². The number of nitrogens with one attached hydrogen (secondary N) is 1. The van der Waals surface area contributed by atoms with Gasteiger partial charge in [-0.25, -0.2) is 0 Å². The number of benzene rings is 2. The van der Waals surface area contributed by atoms with Crippen LogP contribution in [-0.2, 0) is 17.6 Å². The van der Waals surface area contributed by atoms with Crippen LogP contribution in [0.25, 0.3) is 23.3 Å². The minimum atomic E-state index is -0.0120. The third kappa shape index (κ3) is 4.07. The first-order valence-electron chi connectivity index (χ1n) is 10.1. The van der Waals surface area contributed by atoms with Crippen molar-refractivity contribution in [2.45, 2.75) is 19.3 Å². The molecule has 2 nitrogen and oxygen atoms in total. The molecule has 1 aliphatic heterocycles. The molecule has 1 N–H and O–H groups in total. The Morgan fingerprint density at radius 3 is 2.52 bits per heavy atom. The molecule has 0 bridgehead atoms. The lowest BCUT2D eigenvalue weighted by Crippen LogP contribution is -2.36. The molecule has 0 saturated heterocycles. The molecule has 0 spiro atoms. The zero-order chi connectivity index (χ0) is 20.1. The molecule has 1 heterocycles. The maximum absolute atomic E-state index is 12.0. The van der Waals surface area contributed by atoms with Crippen molar-refractivity contribution >= 4 is 17.9 Å². The minimum absolute atomic E-state index is 0.0120. The molecule has 3 aliphatic rings. The van der Waals surface area contributed by atoms with E-state index < -0.39 is 0 Å². The summed E-state index contributed by atoms with van der Waals surface area (Å²) in [6, 6.07) is 13.1. The highest BCUT2D eigenvalue weighted by atomic mass is 16.1. The normalized spacial score (nSPS) is 17.6. The van der Waals surface area contributed by atoms with Crippen molar-refractivity contribution in [3.05, 3.63) is 107 Å². The van der Waals surface area contributed by atoms with Gasteiger partial charge in [0.15, 0.2) is 5.78 Å². The van der Waals surface area contributed by atoms with Crippen molar-refractivity contribution in [3.63, 3.8) is 0 Å². The number of allylic oxidation sites excluding steroid dienone is 5. The van der Waals surface area contributed by atoms with E-state index >= 15 is 0 Å². The molecular weight excluding hydrogens is 354 g/mol. The maximum atomic E-state index is 12.0. The van der Waals surface area contributed by atoms with Crippen LogP contribution < -0.4 is 15.8 Å². The minimum Gasteiger partial charge on any atom is -0.368 e. The monoisotopic (exact) mass is 379 g/mol. The predicted octanol–water partition coefficient (Wildman–Crippen LogP) is 3.96. The molecule has 0 fully saturated rings. The molecular formula is C27H25NO. The number of hydrogen-bond acceptors (Lipinski definition) is 2. The van der Waals surface area contributed by atoms with Gasteiger partial charge in [-0.2, -0.15) is 0 Å². The number of aryl methyl sites for hydroxylation is 1. The summed E-state index contributed by atoms with van der Waals surface area (Å²) >= 11 is 0. The number of carbonyl (C=O) groups is 1. The molecule has 0 amide bonds. The lowest BCUT2D eigenvalue weighted by molar-refractivity contribution is -0.116. The summed E-state index contributed by atoms with van der Waals surface area (Å²) in [5.74, 6) is 0.126. The van der Waals surface area contributed by atoms with E-state index in [0.29, 0.717) is 0 Å². The summed E-state index contributed by atoms with van der Waals surface area (Å²) in [6.45, 7) is 3.63. The lowest BCUT2D eigenvalue weighted by Gasteiger charge is -2.20. The highest BCUT2D eigenvalue weighted by Crippen LogP contribution is 2.25. The highest BCUT2D eigenvalue weighted by Gasteiger charge is 2.20. The second kappa shape index (κ2) is 8.74. The van der Waals surface area contributed by atoms with Crippen molar-refractivity contribution < 1.29 is 4.79 Å². The summed E-state index contributed by atoms with van der Waals surface area (Å²) in [7, 11) is 0. The molecule has 1 unspecified atom stereocenters. The fourth-order valence-corrected chi connectivity index (χ4v) is 4.10. The third-order valence-corrected chi connectivity index (χ3v) is 5.59. The summed E-state index contributed by atoms with van der Waals surface area (Å²) in [6.07, 6.45) is 20.3. The van der Waals surface area contributed by atoms with Crippen LogP contribution in [0.2, 0.25) is 0 Å². The molecule has 2 aliphatic carbocycles. The van der Waals surface area contributed by atoms with E-state index in [4.69, 9.17) is 0 Å². The number of rotatable bonds is 2. The Bertz CT molecular complexity index is 1130. The highest BCUT2D eigenvalue weighted by molar-refractivity contribution is 5.95. The van der Waals surface area contributed by atoms with Gasteiger partial charge in [-0.3, -0.25) is 4.79 Å². The Kier molecular flexibility index (Phi) is 5.71. The van der Waals surface area contributed by atoms with Gasteiger partial charge >= 0.3 is 0 Å². The maximum Gasteiger partial charge on any atom is 0.161 e. The van der Waals surface area contributed by atoms with E-state index in [0.717, 1.165) is 19.3 Å². The van der Waals surface area contributed by atoms with Crippen molar-refractivity contribution in [2.24, 2.45) is 5.92 Å². The fraction of sp³-hybridized carbons (Fsp3) is 0.148. The second-order valence-corrected chi connectivity index (χ2v) is 7.35. The van der Waals surface area contributed by atoms with Crippen molar-refractivity contribution in [3.8, 4) is 11.1 Å². The van der Waals surface area contributed by atoms with Crippen molar-refractivity contribution in [2.75, 3.05) is 0 Å². The summed E-state index contributed by atoms with van der Waals surface area (Å²) in [5.41, 5.74) is 5.36. The topological polar surface area (TPSA) is 29.1 Å². The van der Waals surface area contributed by atoms with E-state index in [9.17, 15) is 4.79 Å². The molecule has 1 atom stereocenters. The van der Waals surface area contributed by atoms with E-state index in [1.807, 2.05) is 36.7 Å². The third-order valence-electron chi connectivity index (χ3n) is 5.59. The SMILES string of the molecule is C1=CC=CNC=C1.C=CC(=O)C1C=c2c(ccc3c2=CCc2ccccc2-3)CC1. The molecule has 2 heteroatoms. The van der Waals surface area contributed by atoms with Crippen LogP contribution in [0.5, 0.6) is 0 Å². The average Bonchev–Trinajstić information content (AvgIpc) is 3.11. The van der Waals surface area contributed by atoms with Crippen LogP contribution in [0.3, 0.4) is 0 Å². The Morgan fingerprint density at radius 1 is 0.931 bits per heavy atom. The molecule has 29 heavy (non-hydrogen) atoms. The summed E-state index contributed by atoms with van der Waals surface area (Å²) < 4.78 is 0. The first-order valence-corrected chi connectivity index (χ1v) is 10.1. The van der Waals surface area contributed by atoms with Gasteiger partial charge in [-0.05, 0) is 70.2 Å². The Hall–Kier alpha value is -3.39. The number of hydrogen-bond donors (Lipinski definition) is 1. The van der Waals surface area contributed by atoms with Gasteiger partial charge in [0.1, 0.15) is 0 Å². The van der Waals surface area contributed by atoms with Gasteiger partial charge in [0.05, 0.1) is 0 Å². The van der Waals surface area contributed by atoms with Crippen molar-refractivity contribution in [1.29, 1.82) is 0 Å². The second-order valence-electron chi connectivity index (χ2n) is 7.35. The van der Waals surface area contributed by atoms with E-state index in [1.165, 1.54) is 38.8 Å². The van der Waals surface area contributed by atoms with Crippen molar-refractivity contribution in [1.82, 2.24) is 5.32 Å².